The second kappa shape index (κ2) is 3.38. The minimum absolute atomic E-state index is 0.160. The van der Waals surface area contributed by atoms with Crippen LogP contribution in [0, 0.1) is 6.92 Å². The largest absolute Gasteiger partial charge is 0.504 e. The van der Waals surface area contributed by atoms with Crippen LogP contribution < -0.4 is 4.74 Å². The third-order valence-corrected chi connectivity index (χ3v) is 1.40. The van der Waals surface area contributed by atoms with Gasteiger partial charge in [0.05, 0.1) is 0 Å². The molecule has 1 rings (SSSR count). The normalized spacial score (nSPS) is 10.3. The van der Waals surface area contributed by atoms with E-state index in [1.165, 1.54) is 6.07 Å². The molecule has 0 aliphatic carbocycles. The number of hydrogen-bond acceptors (Lipinski definition) is 2. The number of benzene rings is 1. The van der Waals surface area contributed by atoms with E-state index in [2.05, 4.69) is 4.74 Å². The summed E-state index contributed by atoms with van der Waals surface area (Å²) in [7, 11) is 0. The maximum Gasteiger partial charge on any atom is 0.387 e. The van der Waals surface area contributed by atoms with E-state index in [9.17, 15) is 8.78 Å². The average molecular weight is 174 g/mol. The van der Waals surface area contributed by atoms with Gasteiger partial charge in [-0.3, -0.25) is 0 Å². The Morgan fingerprint density at radius 1 is 1.42 bits per heavy atom. The lowest BCUT2D eigenvalue weighted by Gasteiger charge is -2.08. The molecule has 2 nitrogen and oxygen atoms in total. The highest BCUT2D eigenvalue weighted by molar-refractivity contribution is 5.44. The number of phenols is 1. The lowest BCUT2D eigenvalue weighted by atomic mass is 10.2. The van der Waals surface area contributed by atoms with Gasteiger partial charge in [-0.2, -0.15) is 8.78 Å². The number of para-hydroxylation sites is 1. The summed E-state index contributed by atoms with van der Waals surface area (Å²) >= 11 is 0. The first kappa shape index (κ1) is 8.77. The van der Waals surface area contributed by atoms with Crippen molar-refractivity contribution in [2.24, 2.45) is 0 Å². The monoisotopic (exact) mass is 174 g/mol. The lowest BCUT2D eigenvalue weighted by molar-refractivity contribution is -0.0517. The molecule has 1 aromatic carbocycles. The third-order valence-electron chi connectivity index (χ3n) is 1.40. The van der Waals surface area contributed by atoms with Crippen molar-refractivity contribution in [3.63, 3.8) is 0 Å². The number of hydrogen-bond donors (Lipinski definition) is 1. The van der Waals surface area contributed by atoms with Crippen molar-refractivity contribution >= 4 is 0 Å². The van der Waals surface area contributed by atoms with E-state index in [-0.39, 0.29) is 11.5 Å². The first-order valence-electron chi connectivity index (χ1n) is 3.34. The summed E-state index contributed by atoms with van der Waals surface area (Å²) in [4.78, 5) is 0. The van der Waals surface area contributed by atoms with Gasteiger partial charge in [0.15, 0.2) is 11.5 Å². The van der Waals surface area contributed by atoms with Gasteiger partial charge < -0.3 is 9.84 Å². The van der Waals surface area contributed by atoms with Gasteiger partial charge in [0, 0.05) is 0 Å². The SMILES string of the molecule is Cc1cccc(O)c1OC(F)F. The average Bonchev–Trinajstić information content (AvgIpc) is 1.97. The predicted octanol–water partition coefficient (Wildman–Crippen LogP) is 2.30. The highest BCUT2D eigenvalue weighted by Crippen LogP contribution is 2.30. The minimum atomic E-state index is -2.91. The van der Waals surface area contributed by atoms with Gasteiger partial charge in [-0.05, 0) is 18.6 Å². The highest BCUT2D eigenvalue weighted by Gasteiger charge is 2.10. The molecule has 0 radical (unpaired) electrons. The molecule has 1 aromatic rings. The molecule has 0 spiro atoms. The Labute approximate surface area is 68.4 Å². The Balaban J connectivity index is 2.96. The van der Waals surface area contributed by atoms with Crippen LogP contribution in [0.4, 0.5) is 8.78 Å². The molecule has 0 saturated carbocycles. The van der Waals surface area contributed by atoms with Crippen LogP contribution in [-0.4, -0.2) is 11.7 Å². The van der Waals surface area contributed by atoms with Crippen molar-refractivity contribution in [1.82, 2.24) is 0 Å². The summed E-state index contributed by atoms with van der Waals surface area (Å²) in [5.41, 5.74) is 0.482. The van der Waals surface area contributed by atoms with Crippen molar-refractivity contribution in [2.75, 3.05) is 0 Å². The van der Waals surface area contributed by atoms with Crippen LogP contribution in [-0.2, 0) is 0 Å². The number of halogens is 2. The fraction of sp³-hybridized carbons (Fsp3) is 0.250. The lowest BCUT2D eigenvalue weighted by Crippen LogP contribution is -2.03. The number of rotatable bonds is 2. The highest BCUT2D eigenvalue weighted by atomic mass is 19.3. The first-order valence-corrected chi connectivity index (χ1v) is 3.34. The molecule has 0 bridgehead atoms. The van der Waals surface area contributed by atoms with Gasteiger partial charge in [-0.1, -0.05) is 12.1 Å². The molecular weight excluding hydrogens is 166 g/mol. The van der Waals surface area contributed by atoms with Gasteiger partial charge in [0.2, 0.25) is 0 Å². The number of ether oxygens (including phenoxy) is 1. The Bertz CT molecular complexity index is 254. The van der Waals surface area contributed by atoms with Crippen molar-refractivity contribution < 1.29 is 18.6 Å². The van der Waals surface area contributed by atoms with Crippen molar-refractivity contribution in [3.8, 4) is 11.5 Å². The van der Waals surface area contributed by atoms with E-state index in [1.807, 2.05) is 0 Å². The van der Waals surface area contributed by atoms with Gasteiger partial charge in [0.1, 0.15) is 0 Å². The Morgan fingerprint density at radius 3 is 2.58 bits per heavy atom. The molecule has 0 amide bonds. The number of phenolic OH excluding ortho intramolecular Hbond substituents is 1. The number of alkyl halides is 2. The van der Waals surface area contributed by atoms with Crippen molar-refractivity contribution in [2.45, 2.75) is 13.5 Å². The molecular formula is C8H8F2O2. The zero-order chi connectivity index (χ0) is 9.14. The zero-order valence-electron chi connectivity index (χ0n) is 6.42. The van der Waals surface area contributed by atoms with E-state index < -0.39 is 6.61 Å². The molecule has 0 saturated heterocycles. The van der Waals surface area contributed by atoms with Crippen LogP contribution in [0.25, 0.3) is 0 Å². The summed E-state index contributed by atoms with van der Waals surface area (Å²) in [6, 6.07) is 4.44. The molecule has 0 fully saturated rings. The fourth-order valence-electron chi connectivity index (χ4n) is 0.879. The maximum atomic E-state index is 11.7. The summed E-state index contributed by atoms with van der Waals surface area (Å²) in [5.74, 6) is -0.428. The smallest absolute Gasteiger partial charge is 0.387 e. The summed E-state index contributed by atoms with van der Waals surface area (Å²) in [6.45, 7) is -1.32. The van der Waals surface area contributed by atoms with Gasteiger partial charge in [0.25, 0.3) is 0 Å². The zero-order valence-corrected chi connectivity index (χ0v) is 6.42. The van der Waals surface area contributed by atoms with Crippen molar-refractivity contribution in [3.05, 3.63) is 23.8 Å². The Morgan fingerprint density at radius 2 is 2.08 bits per heavy atom. The molecule has 0 aliphatic rings. The standard InChI is InChI=1S/C8H8F2O2/c1-5-3-2-4-6(11)7(5)12-8(9)10/h2-4,8,11H,1H3. The molecule has 0 atom stereocenters. The summed E-state index contributed by atoms with van der Waals surface area (Å²) in [6.07, 6.45) is 0. The Kier molecular flexibility index (Phi) is 2.47. The molecule has 0 aromatic heterocycles. The van der Waals surface area contributed by atoms with Crippen LogP contribution in [0.5, 0.6) is 11.5 Å². The van der Waals surface area contributed by atoms with E-state index >= 15 is 0 Å². The molecule has 0 aliphatic heterocycles. The molecule has 0 unspecified atom stereocenters. The molecule has 12 heavy (non-hydrogen) atoms. The van der Waals surface area contributed by atoms with E-state index in [4.69, 9.17) is 5.11 Å². The minimum Gasteiger partial charge on any atom is -0.504 e. The van der Waals surface area contributed by atoms with Crippen LogP contribution >= 0.6 is 0 Å². The van der Waals surface area contributed by atoms with Gasteiger partial charge in [-0.25, -0.2) is 0 Å². The van der Waals surface area contributed by atoms with Crippen LogP contribution in [0.15, 0.2) is 18.2 Å². The predicted molar refractivity (Wildman–Crippen MR) is 39.5 cm³/mol. The summed E-state index contributed by atoms with van der Waals surface area (Å²) < 4.78 is 27.6. The fourth-order valence-corrected chi connectivity index (χ4v) is 0.879. The van der Waals surface area contributed by atoms with Gasteiger partial charge >= 0.3 is 6.61 Å². The molecule has 0 heterocycles. The Hall–Kier alpha value is -1.32. The van der Waals surface area contributed by atoms with Crippen molar-refractivity contribution in [1.29, 1.82) is 0 Å². The summed E-state index contributed by atoms with van der Waals surface area (Å²) in [5, 5.41) is 9.08. The maximum absolute atomic E-state index is 11.7. The third kappa shape index (κ3) is 1.84. The van der Waals surface area contributed by atoms with E-state index in [1.54, 1.807) is 19.1 Å². The van der Waals surface area contributed by atoms with Crippen LogP contribution in [0.1, 0.15) is 5.56 Å². The molecule has 66 valence electrons. The second-order valence-corrected chi connectivity index (χ2v) is 2.30. The number of aromatic hydroxyl groups is 1. The number of aryl methyl sites for hydroxylation is 1. The molecule has 4 heteroatoms. The van der Waals surface area contributed by atoms with Gasteiger partial charge in [-0.15, -0.1) is 0 Å². The van der Waals surface area contributed by atoms with Crippen LogP contribution in [0.2, 0.25) is 0 Å². The van der Waals surface area contributed by atoms with E-state index in [0.29, 0.717) is 5.56 Å². The quantitative estimate of drug-likeness (QED) is 0.745. The topological polar surface area (TPSA) is 29.5 Å². The van der Waals surface area contributed by atoms with E-state index in [0.717, 1.165) is 0 Å². The molecule has 1 N–H and O–H groups in total. The first-order chi connectivity index (χ1) is 5.61. The second-order valence-electron chi connectivity index (χ2n) is 2.30. The van der Waals surface area contributed by atoms with Crippen LogP contribution in [0.3, 0.4) is 0 Å².